The minimum absolute atomic E-state index is 0.178. The summed E-state index contributed by atoms with van der Waals surface area (Å²) >= 11 is 0. The first-order valence-corrected chi connectivity index (χ1v) is 6.36. The van der Waals surface area contributed by atoms with Crippen LogP contribution in [0.15, 0.2) is 24.3 Å². The van der Waals surface area contributed by atoms with Crippen molar-refractivity contribution in [1.29, 1.82) is 0 Å². The van der Waals surface area contributed by atoms with Crippen LogP contribution in [-0.4, -0.2) is 17.3 Å². The second kappa shape index (κ2) is 5.65. The Bertz CT molecular complexity index is 335. The van der Waals surface area contributed by atoms with Crippen LogP contribution in [0.1, 0.15) is 57.1 Å². The van der Waals surface area contributed by atoms with Gasteiger partial charge in [0.05, 0.1) is 0 Å². The van der Waals surface area contributed by atoms with Gasteiger partial charge in [-0.25, -0.2) is 0 Å². The van der Waals surface area contributed by atoms with Crippen molar-refractivity contribution in [3.05, 3.63) is 35.4 Å². The van der Waals surface area contributed by atoms with E-state index in [1.807, 2.05) is 13.8 Å². The molecular weight excluding hydrogens is 210 g/mol. The molecule has 2 nitrogen and oxygen atoms in total. The Hall–Kier alpha value is -0.860. The van der Waals surface area contributed by atoms with Gasteiger partial charge in [-0.1, -0.05) is 38.1 Å². The highest BCUT2D eigenvalue weighted by atomic mass is 16.3. The van der Waals surface area contributed by atoms with Gasteiger partial charge < -0.3 is 10.8 Å². The van der Waals surface area contributed by atoms with Gasteiger partial charge in [-0.05, 0) is 37.3 Å². The van der Waals surface area contributed by atoms with Gasteiger partial charge in [-0.2, -0.15) is 0 Å². The zero-order valence-corrected chi connectivity index (χ0v) is 11.4. The maximum absolute atomic E-state index is 9.15. The lowest BCUT2D eigenvalue weighted by Gasteiger charge is -2.30. The fourth-order valence-corrected chi connectivity index (χ4v) is 2.21. The number of aliphatic hydroxyl groups excluding tert-OH is 1. The molecule has 1 aromatic rings. The molecule has 1 atom stereocenters. The topological polar surface area (TPSA) is 46.2 Å². The average molecular weight is 235 g/mol. The molecule has 0 heterocycles. The standard InChI is InChI=1S/C15H25NO/c1-11(2)12-5-7-13(8-6-12)14(9-10-17)15(3,4)16/h5-8,11,14,17H,9-10,16H2,1-4H3. The SMILES string of the molecule is CC(C)c1ccc(C(CCO)C(C)(C)N)cc1. The lowest BCUT2D eigenvalue weighted by Crippen LogP contribution is -2.39. The van der Waals surface area contributed by atoms with E-state index in [2.05, 4.69) is 38.1 Å². The fourth-order valence-electron chi connectivity index (χ4n) is 2.21. The summed E-state index contributed by atoms with van der Waals surface area (Å²) in [4.78, 5) is 0. The highest BCUT2D eigenvalue weighted by Gasteiger charge is 2.26. The van der Waals surface area contributed by atoms with Crippen LogP contribution in [0.2, 0.25) is 0 Å². The molecule has 17 heavy (non-hydrogen) atoms. The zero-order valence-electron chi connectivity index (χ0n) is 11.4. The van der Waals surface area contributed by atoms with Crippen LogP contribution in [0, 0.1) is 0 Å². The fraction of sp³-hybridized carbons (Fsp3) is 0.600. The van der Waals surface area contributed by atoms with Crippen molar-refractivity contribution in [2.24, 2.45) is 5.73 Å². The van der Waals surface area contributed by atoms with Crippen molar-refractivity contribution >= 4 is 0 Å². The third-order valence-electron chi connectivity index (χ3n) is 3.32. The van der Waals surface area contributed by atoms with Crippen molar-refractivity contribution in [3.8, 4) is 0 Å². The van der Waals surface area contributed by atoms with Gasteiger partial charge in [0.25, 0.3) is 0 Å². The normalized spacial score (nSPS) is 14.1. The van der Waals surface area contributed by atoms with Crippen molar-refractivity contribution < 1.29 is 5.11 Å². The Morgan fingerprint density at radius 3 is 1.94 bits per heavy atom. The highest BCUT2D eigenvalue weighted by Crippen LogP contribution is 2.30. The summed E-state index contributed by atoms with van der Waals surface area (Å²) in [5.74, 6) is 0.750. The van der Waals surface area contributed by atoms with Gasteiger partial charge in [0.1, 0.15) is 0 Å². The van der Waals surface area contributed by atoms with Crippen molar-refractivity contribution in [2.75, 3.05) is 6.61 Å². The monoisotopic (exact) mass is 235 g/mol. The Balaban J connectivity index is 2.95. The summed E-state index contributed by atoms with van der Waals surface area (Å²) in [7, 11) is 0. The molecule has 2 heteroatoms. The number of hydrogen-bond acceptors (Lipinski definition) is 2. The predicted octanol–water partition coefficient (Wildman–Crippen LogP) is 3.01. The molecule has 1 rings (SSSR count). The second-order valence-electron chi connectivity index (χ2n) is 5.71. The molecule has 0 aliphatic heterocycles. The molecule has 1 unspecified atom stereocenters. The summed E-state index contributed by atoms with van der Waals surface area (Å²) in [5, 5.41) is 9.15. The van der Waals surface area contributed by atoms with E-state index < -0.39 is 0 Å². The number of hydrogen-bond donors (Lipinski definition) is 2. The smallest absolute Gasteiger partial charge is 0.0437 e. The third kappa shape index (κ3) is 3.83. The Morgan fingerprint density at radius 1 is 1.12 bits per heavy atom. The predicted molar refractivity (Wildman–Crippen MR) is 73.2 cm³/mol. The highest BCUT2D eigenvalue weighted by molar-refractivity contribution is 5.29. The molecular formula is C15H25NO. The summed E-state index contributed by atoms with van der Waals surface area (Å²) in [5.41, 5.74) is 8.44. The lowest BCUT2D eigenvalue weighted by atomic mass is 9.80. The van der Waals surface area contributed by atoms with Gasteiger partial charge in [0.15, 0.2) is 0 Å². The molecule has 0 aliphatic rings. The molecule has 0 aromatic heterocycles. The molecule has 3 N–H and O–H groups in total. The van der Waals surface area contributed by atoms with Crippen LogP contribution in [-0.2, 0) is 0 Å². The summed E-state index contributed by atoms with van der Waals surface area (Å²) in [6.45, 7) is 8.59. The van der Waals surface area contributed by atoms with Crippen molar-refractivity contribution in [2.45, 2.75) is 51.5 Å². The van der Waals surface area contributed by atoms with E-state index in [-0.39, 0.29) is 18.1 Å². The number of benzene rings is 1. The summed E-state index contributed by atoms with van der Waals surface area (Å²) < 4.78 is 0. The first-order valence-electron chi connectivity index (χ1n) is 6.36. The van der Waals surface area contributed by atoms with E-state index in [9.17, 15) is 0 Å². The molecule has 0 saturated heterocycles. The van der Waals surface area contributed by atoms with E-state index in [0.29, 0.717) is 12.3 Å². The van der Waals surface area contributed by atoms with Crippen LogP contribution >= 0.6 is 0 Å². The van der Waals surface area contributed by atoms with E-state index >= 15 is 0 Å². The van der Waals surface area contributed by atoms with Gasteiger partial charge in [0, 0.05) is 18.1 Å². The first kappa shape index (κ1) is 14.2. The molecule has 1 aromatic carbocycles. The van der Waals surface area contributed by atoms with Crippen molar-refractivity contribution in [1.82, 2.24) is 0 Å². The summed E-state index contributed by atoms with van der Waals surface area (Å²) in [6.07, 6.45) is 0.713. The van der Waals surface area contributed by atoms with Gasteiger partial charge in [-0.15, -0.1) is 0 Å². The average Bonchev–Trinajstić information content (AvgIpc) is 2.24. The zero-order chi connectivity index (χ0) is 13.1. The number of nitrogens with two attached hydrogens (primary N) is 1. The first-order chi connectivity index (χ1) is 7.86. The van der Waals surface area contributed by atoms with E-state index in [0.717, 1.165) is 0 Å². The van der Waals surface area contributed by atoms with Gasteiger partial charge in [0.2, 0.25) is 0 Å². The minimum atomic E-state index is -0.303. The van der Waals surface area contributed by atoms with Crippen molar-refractivity contribution in [3.63, 3.8) is 0 Å². The van der Waals surface area contributed by atoms with Crippen LogP contribution in [0.25, 0.3) is 0 Å². The van der Waals surface area contributed by atoms with E-state index in [4.69, 9.17) is 10.8 Å². The molecule has 0 bridgehead atoms. The largest absolute Gasteiger partial charge is 0.396 e. The van der Waals surface area contributed by atoms with E-state index in [1.54, 1.807) is 0 Å². The molecule has 96 valence electrons. The molecule has 0 saturated carbocycles. The number of rotatable bonds is 5. The Labute approximate surface area is 105 Å². The maximum Gasteiger partial charge on any atom is 0.0437 e. The maximum atomic E-state index is 9.15. The van der Waals surface area contributed by atoms with Gasteiger partial charge >= 0.3 is 0 Å². The minimum Gasteiger partial charge on any atom is -0.396 e. The Morgan fingerprint density at radius 2 is 1.59 bits per heavy atom. The molecule has 0 aliphatic carbocycles. The van der Waals surface area contributed by atoms with Crippen LogP contribution in [0.3, 0.4) is 0 Å². The lowest BCUT2D eigenvalue weighted by molar-refractivity contribution is 0.250. The van der Waals surface area contributed by atoms with E-state index in [1.165, 1.54) is 11.1 Å². The van der Waals surface area contributed by atoms with Crippen LogP contribution in [0.4, 0.5) is 0 Å². The quantitative estimate of drug-likeness (QED) is 0.824. The number of aliphatic hydroxyl groups is 1. The Kier molecular flexibility index (Phi) is 4.72. The molecule has 0 amide bonds. The summed E-state index contributed by atoms with van der Waals surface area (Å²) in [6, 6.07) is 8.61. The van der Waals surface area contributed by atoms with Gasteiger partial charge in [-0.3, -0.25) is 0 Å². The molecule has 0 spiro atoms. The van der Waals surface area contributed by atoms with Crippen LogP contribution < -0.4 is 5.73 Å². The third-order valence-corrected chi connectivity index (χ3v) is 3.32. The molecule has 0 radical (unpaired) electrons. The van der Waals surface area contributed by atoms with Crippen LogP contribution in [0.5, 0.6) is 0 Å². The second-order valence-corrected chi connectivity index (χ2v) is 5.71. The molecule has 0 fully saturated rings.